The molecule has 0 aromatic carbocycles. The highest BCUT2D eigenvalue weighted by molar-refractivity contribution is 6.68. The van der Waals surface area contributed by atoms with E-state index >= 15 is 0 Å². The van der Waals surface area contributed by atoms with Crippen LogP contribution in [0.4, 0.5) is 0 Å². The highest BCUT2D eigenvalue weighted by Crippen LogP contribution is 2.17. The van der Waals surface area contributed by atoms with Crippen LogP contribution in [0.1, 0.15) is 6.42 Å². The van der Waals surface area contributed by atoms with Crippen molar-refractivity contribution in [3.05, 3.63) is 45.8 Å². The minimum atomic E-state index is -0.910. The Labute approximate surface area is 84.4 Å². The molecule has 0 N–H and O–H groups in total. The Morgan fingerprint density at radius 3 is 2.79 bits per heavy atom. The summed E-state index contributed by atoms with van der Waals surface area (Å²) in [6, 6.07) is 0. The number of rotatable bonds is 3. The van der Waals surface area contributed by atoms with E-state index in [4.69, 9.17) is 11.6 Å². The third-order valence-electron chi connectivity index (χ3n) is 1.55. The predicted molar refractivity (Wildman–Crippen MR) is 48.9 cm³/mol. The first-order valence-corrected chi connectivity index (χ1v) is 4.05. The summed E-state index contributed by atoms with van der Waals surface area (Å²) in [5, 5.41) is 8.38. The van der Waals surface area contributed by atoms with Crippen molar-refractivity contribution in [3.8, 4) is 0 Å². The number of carbonyl (C=O) groups is 1. The van der Waals surface area contributed by atoms with Gasteiger partial charge in [0.15, 0.2) is 0 Å². The van der Waals surface area contributed by atoms with Crippen molar-refractivity contribution < 1.29 is 14.7 Å². The van der Waals surface area contributed by atoms with E-state index in [1.807, 2.05) is 0 Å². The van der Waals surface area contributed by atoms with Crippen LogP contribution in [0.25, 0.3) is 0 Å². The summed E-state index contributed by atoms with van der Waals surface area (Å²) in [4.78, 5) is 24.5. The number of halogens is 1. The minimum absolute atomic E-state index is 0.380. The molecule has 0 unspecified atom stereocenters. The second kappa shape index (κ2) is 4.57. The molecular formula is C8H6ClNO4. The van der Waals surface area contributed by atoms with Crippen molar-refractivity contribution >= 4 is 16.8 Å². The van der Waals surface area contributed by atoms with Crippen LogP contribution in [0.3, 0.4) is 0 Å². The molecule has 5 nitrogen and oxygen atoms in total. The van der Waals surface area contributed by atoms with Crippen molar-refractivity contribution in [3.63, 3.8) is 0 Å². The van der Waals surface area contributed by atoms with Gasteiger partial charge in [0.1, 0.15) is 0 Å². The third-order valence-corrected chi connectivity index (χ3v) is 1.77. The Hall–Kier alpha value is -1.62. The number of hydrogen-bond donors (Lipinski definition) is 0. The lowest BCUT2D eigenvalue weighted by Crippen LogP contribution is -1.97. The fraction of sp³-hybridized carbons (Fsp3) is 0.125. The van der Waals surface area contributed by atoms with Gasteiger partial charge < -0.3 is 0 Å². The van der Waals surface area contributed by atoms with Gasteiger partial charge >= 0.3 is 0 Å². The second-order valence-electron chi connectivity index (χ2n) is 2.49. The average Bonchev–Trinajstić information content (AvgIpc) is 2.15. The molecule has 0 fully saturated rings. The van der Waals surface area contributed by atoms with E-state index in [1.54, 1.807) is 12.2 Å². The molecule has 0 radical (unpaired) electrons. The number of carbonyl (C=O) groups excluding carboxylic acids is 1. The Balaban J connectivity index is 2.60. The van der Waals surface area contributed by atoms with Gasteiger partial charge in [0.2, 0.25) is 0 Å². The summed E-state index contributed by atoms with van der Waals surface area (Å²) in [5.74, 6) is 0. The minimum Gasteiger partial charge on any atom is -0.284 e. The molecule has 0 aromatic heterocycles. The highest BCUT2D eigenvalue weighted by atomic mass is 35.5. The van der Waals surface area contributed by atoms with Crippen molar-refractivity contribution in [2.75, 3.05) is 0 Å². The van der Waals surface area contributed by atoms with Gasteiger partial charge in [-0.3, -0.25) is 9.63 Å². The average molecular weight is 216 g/mol. The third kappa shape index (κ3) is 3.02. The van der Waals surface area contributed by atoms with E-state index in [-0.39, 0.29) is 0 Å². The molecule has 1 rings (SSSR count). The standard InChI is InChI=1S/C8H6ClNO4/c9-8(11)7-3-1-6(2-4-7)5-14-10(12)13/h1,3-5H,2H2. The van der Waals surface area contributed by atoms with Gasteiger partial charge in [-0.2, -0.15) is 0 Å². The fourth-order valence-electron chi connectivity index (χ4n) is 0.905. The van der Waals surface area contributed by atoms with Gasteiger partial charge in [0.25, 0.3) is 10.3 Å². The van der Waals surface area contributed by atoms with Crippen LogP contribution in [-0.2, 0) is 9.63 Å². The van der Waals surface area contributed by atoms with Crippen LogP contribution >= 0.6 is 11.6 Å². The molecular weight excluding hydrogens is 210 g/mol. The van der Waals surface area contributed by atoms with Crippen LogP contribution in [0, 0.1) is 10.1 Å². The molecule has 0 bridgehead atoms. The number of hydrogen-bond acceptors (Lipinski definition) is 4. The summed E-state index contributed by atoms with van der Waals surface area (Å²) in [6.45, 7) is 0. The zero-order valence-electron chi connectivity index (χ0n) is 6.97. The molecule has 6 heteroatoms. The quantitative estimate of drug-likeness (QED) is 0.311. The molecule has 1 aliphatic rings. The molecule has 1 aliphatic carbocycles. The molecule has 0 spiro atoms. The lowest BCUT2D eigenvalue weighted by Gasteiger charge is -2.04. The summed E-state index contributed by atoms with van der Waals surface area (Å²) in [6.07, 6.45) is 6.00. The van der Waals surface area contributed by atoms with Gasteiger partial charge in [-0.05, 0) is 23.6 Å². The number of nitrogens with zero attached hydrogens (tertiary/aromatic N) is 1. The molecule has 0 heterocycles. The summed E-state index contributed by atoms with van der Waals surface area (Å²) in [5.41, 5.74) is 0.980. The zero-order valence-corrected chi connectivity index (χ0v) is 7.73. The predicted octanol–water partition coefficient (Wildman–Crippen LogP) is 1.73. The van der Waals surface area contributed by atoms with Gasteiger partial charge in [-0.25, -0.2) is 0 Å². The molecule has 0 atom stereocenters. The number of allylic oxidation sites excluding steroid dienone is 5. The Bertz CT molecular complexity index is 356. The van der Waals surface area contributed by atoms with Gasteiger partial charge in [0, 0.05) is 5.57 Å². The van der Waals surface area contributed by atoms with E-state index < -0.39 is 10.3 Å². The Kier molecular flexibility index (Phi) is 3.41. The Morgan fingerprint density at radius 2 is 2.36 bits per heavy atom. The maximum absolute atomic E-state index is 10.7. The van der Waals surface area contributed by atoms with Gasteiger partial charge in [-0.1, -0.05) is 18.2 Å². The first-order chi connectivity index (χ1) is 6.59. The largest absolute Gasteiger partial charge is 0.299 e. The Morgan fingerprint density at radius 1 is 1.64 bits per heavy atom. The lowest BCUT2D eigenvalue weighted by atomic mass is 10.0. The van der Waals surface area contributed by atoms with Crippen LogP contribution in [0.2, 0.25) is 0 Å². The monoisotopic (exact) mass is 215 g/mol. The first kappa shape index (κ1) is 10.5. The van der Waals surface area contributed by atoms with Gasteiger partial charge in [-0.15, -0.1) is 10.1 Å². The zero-order chi connectivity index (χ0) is 10.6. The molecule has 0 saturated carbocycles. The molecule has 74 valence electrons. The summed E-state index contributed by atoms with van der Waals surface area (Å²) < 4.78 is 0. The van der Waals surface area contributed by atoms with Crippen LogP contribution in [0.15, 0.2) is 35.6 Å². The van der Waals surface area contributed by atoms with E-state index in [9.17, 15) is 14.9 Å². The summed E-state index contributed by atoms with van der Waals surface area (Å²) >= 11 is 5.21. The van der Waals surface area contributed by atoms with Crippen molar-refractivity contribution in [2.45, 2.75) is 6.42 Å². The van der Waals surface area contributed by atoms with Crippen LogP contribution < -0.4 is 0 Å². The molecule has 14 heavy (non-hydrogen) atoms. The summed E-state index contributed by atoms with van der Waals surface area (Å²) in [7, 11) is 0. The van der Waals surface area contributed by atoms with E-state index in [2.05, 4.69) is 4.84 Å². The molecule has 0 amide bonds. The smallest absolute Gasteiger partial charge is 0.284 e. The molecule has 0 saturated heterocycles. The molecule has 0 aromatic rings. The van der Waals surface area contributed by atoms with Crippen LogP contribution in [-0.4, -0.2) is 10.3 Å². The van der Waals surface area contributed by atoms with Crippen molar-refractivity contribution in [1.82, 2.24) is 0 Å². The maximum atomic E-state index is 10.7. The fourth-order valence-corrected chi connectivity index (χ4v) is 1.04. The highest BCUT2D eigenvalue weighted by Gasteiger charge is 2.06. The van der Waals surface area contributed by atoms with E-state index in [0.29, 0.717) is 17.6 Å². The normalized spacial score (nSPS) is 17.8. The van der Waals surface area contributed by atoms with Crippen molar-refractivity contribution in [1.29, 1.82) is 0 Å². The first-order valence-electron chi connectivity index (χ1n) is 3.68. The SMILES string of the molecule is O=C(Cl)C1=CCC(=CO[N+](=O)[O-])C=C1. The van der Waals surface area contributed by atoms with Crippen LogP contribution in [0.5, 0.6) is 0 Å². The topological polar surface area (TPSA) is 69.4 Å². The maximum Gasteiger partial charge on any atom is 0.299 e. The lowest BCUT2D eigenvalue weighted by molar-refractivity contribution is -0.737. The second-order valence-corrected chi connectivity index (χ2v) is 2.84. The van der Waals surface area contributed by atoms with E-state index in [0.717, 1.165) is 6.26 Å². The van der Waals surface area contributed by atoms with Gasteiger partial charge in [0.05, 0.1) is 6.26 Å². The van der Waals surface area contributed by atoms with Crippen molar-refractivity contribution in [2.24, 2.45) is 0 Å². The van der Waals surface area contributed by atoms with E-state index in [1.165, 1.54) is 6.08 Å². The molecule has 0 aliphatic heterocycles.